The van der Waals surface area contributed by atoms with E-state index >= 15 is 0 Å². The standard InChI is InChI=1S/C23H37NO6S/c1-8-9-10-11-12-13-14-28-21(26)18-16(4)17(20(25)30-23(5,6)7)19(31-18)24-22(27)29-15(2)3/h15H,8-14H2,1-7H3,(H,24,27). The van der Waals surface area contributed by atoms with Gasteiger partial charge in [0, 0.05) is 0 Å². The maximum absolute atomic E-state index is 12.8. The highest BCUT2D eigenvalue weighted by Crippen LogP contribution is 2.35. The summed E-state index contributed by atoms with van der Waals surface area (Å²) in [6, 6.07) is 0. The Balaban J connectivity index is 2.94. The summed E-state index contributed by atoms with van der Waals surface area (Å²) in [5, 5.41) is 2.78. The van der Waals surface area contributed by atoms with Gasteiger partial charge in [-0.15, -0.1) is 11.3 Å². The van der Waals surface area contributed by atoms with Crippen LogP contribution in [0.2, 0.25) is 0 Å². The molecule has 7 nitrogen and oxygen atoms in total. The van der Waals surface area contributed by atoms with Crippen LogP contribution in [0.25, 0.3) is 0 Å². The molecule has 0 saturated heterocycles. The van der Waals surface area contributed by atoms with Crippen molar-refractivity contribution < 1.29 is 28.6 Å². The van der Waals surface area contributed by atoms with Crippen LogP contribution >= 0.6 is 11.3 Å². The fourth-order valence-corrected chi connectivity index (χ4v) is 3.89. The summed E-state index contributed by atoms with van der Waals surface area (Å²) in [5.74, 6) is -1.12. The molecule has 0 bridgehead atoms. The second kappa shape index (κ2) is 12.7. The van der Waals surface area contributed by atoms with Crippen molar-refractivity contribution in [3.05, 3.63) is 16.0 Å². The molecule has 1 aromatic heterocycles. The van der Waals surface area contributed by atoms with Gasteiger partial charge in [-0.2, -0.15) is 0 Å². The second-order valence-corrected chi connectivity index (χ2v) is 9.77. The maximum atomic E-state index is 12.8. The van der Waals surface area contributed by atoms with Crippen molar-refractivity contribution in [2.24, 2.45) is 0 Å². The van der Waals surface area contributed by atoms with Gasteiger partial charge in [0.25, 0.3) is 0 Å². The topological polar surface area (TPSA) is 90.9 Å². The molecule has 0 fully saturated rings. The Morgan fingerprint density at radius 3 is 2.19 bits per heavy atom. The van der Waals surface area contributed by atoms with E-state index in [1.807, 2.05) is 0 Å². The lowest BCUT2D eigenvalue weighted by Crippen LogP contribution is -2.25. The van der Waals surface area contributed by atoms with Crippen LogP contribution in [0.1, 0.15) is 106 Å². The molecule has 0 atom stereocenters. The molecule has 0 unspecified atom stereocenters. The van der Waals surface area contributed by atoms with Crippen molar-refractivity contribution in [2.45, 2.75) is 98.7 Å². The zero-order chi connectivity index (χ0) is 23.6. The van der Waals surface area contributed by atoms with Crippen LogP contribution in [-0.2, 0) is 14.2 Å². The van der Waals surface area contributed by atoms with Crippen LogP contribution in [0.3, 0.4) is 0 Å². The average Bonchev–Trinajstić information content (AvgIpc) is 2.94. The Hall–Kier alpha value is -2.09. The number of rotatable bonds is 11. The van der Waals surface area contributed by atoms with Gasteiger partial charge in [-0.1, -0.05) is 39.0 Å². The molecule has 0 radical (unpaired) electrons. The van der Waals surface area contributed by atoms with Gasteiger partial charge in [0.2, 0.25) is 0 Å². The molecule has 0 aliphatic heterocycles. The number of thiophene rings is 1. The molecule has 1 rings (SSSR count). The molecule has 0 aliphatic rings. The van der Waals surface area contributed by atoms with E-state index < -0.39 is 23.6 Å². The third kappa shape index (κ3) is 9.72. The summed E-state index contributed by atoms with van der Waals surface area (Å²) in [6.07, 6.45) is 5.50. The van der Waals surface area contributed by atoms with Gasteiger partial charge in [-0.3, -0.25) is 5.32 Å². The Morgan fingerprint density at radius 2 is 1.61 bits per heavy atom. The summed E-state index contributed by atoms with van der Waals surface area (Å²) in [5.41, 5.74) is -0.154. The molecular formula is C23H37NO6S. The molecule has 1 amide bonds. The molecular weight excluding hydrogens is 418 g/mol. The average molecular weight is 456 g/mol. The number of esters is 2. The van der Waals surface area contributed by atoms with Crippen LogP contribution < -0.4 is 5.32 Å². The molecule has 0 spiro atoms. The largest absolute Gasteiger partial charge is 0.462 e. The van der Waals surface area contributed by atoms with Gasteiger partial charge in [0.15, 0.2) is 0 Å². The van der Waals surface area contributed by atoms with Crippen molar-refractivity contribution in [3.63, 3.8) is 0 Å². The maximum Gasteiger partial charge on any atom is 0.412 e. The van der Waals surface area contributed by atoms with E-state index in [0.717, 1.165) is 30.6 Å². The van der Waals surface area contributed by atoms with Crippen LogP contribution in [0.15, 0.2) is 0 Å². The summed E-state index contributed by atoms with van der Waals surface area (Å²) < 4.78 is 16.0. The van der Waals surface area contributed by atoms with Crippen molar-refractivity contribution in [3.8, 4) is 0 Å². The number of ether oxygens (including phenoxy) is 3. The Labute approximate surface area is 189 Å². The van der Waals surface area contributed by atoms with Gasteiger partial charge in [-0.25, -0.2) is 14.4 Å². The minimum atomic E-state index is -0.723. The first-order valence-corrected chi connectivity index (χ1v) is 11.8. The first-order chi connectivity index (χ1) is 14.5. The molecule has 8 heteroatoms. The Bertz CT molecular complexity index is 748. The highest BCUT2D eigenvalue weighted by molar-refractivity contribution is 7.18. The number of carbonyl (C=O) groups is 3. The smallest absolute Gasteiger partial charge is 0.412 e. The van der Waals surface area contributed by atoms with E-state index in [2.05, 4.69) is 12.2 Å². The van der Waals surface area contributed by atoms with Gasteiger partial charge in [0.1, 0.15) is 15.5 Å². The summed E-state index contributed by atoms with van der Waals surface area (Å²) >= 11 is 0.992. The number of nitrogens with one attached hydrogen (secondary N) is 1. The lowest BCUT2D eigenvalue weighted by atomic mass is 10.1. The lowest BCUT2D eigenvalue weighted by molar-refractivity contribution is 0.00705. The predicted molar refractivity (Wildman–Crippen MR) is 123 cm³/mol. The summed E-state index contributed by atoms with van der Waals surface area (Å²) in [6.45, 7) is 12.8. The number of amides is 1. The first kappa shape index (κ1) is 26.9. The highest BCUT2D eigenvalue weighted by atomic mass is 32.1. The Kier molecular flexibility index (Phi) is 11.0. The molecule has 176 valence electrons. The first-order valence-electron chi connectivity index (χ1n) is 11.0. The number of hydrogen-bond acceptors (Lipinski definition) is 7. The number of unbranched alkanes of at least 4 members (excludes halogenated alkanes) is 5. The fraction of sp³-hybridized carbons (Fsp3) is 0.696. The van der Waals surface area contributed by atoms with Crippen LogP contribution in [0.5, 0.6) is 0 Å². The van der Waals surface area contributed by atoms with E-state index in [4.69, 9.17) is 14.2 Å². The van der Waals surface area contributed by atoms with Gasteiger partial charge in [-0.05, 0) is 53.5 Å². The van der Waals surface area contributed by atoms with Crippen LogP contribution in [-0.4, -0.2) is 36.3 Å². The van der Waals surface area contributed by atoms with Gasteiger partial charge in [0.05, 0.1) is 18.3 Å². The highest BCUT2D eigenvalue weighted by Gasteiger charge is 2.30. The second-order valence-electron chi connectivity index (χ2n) is 8.74. The molecule has 1 N–H and O–H groups in total. The normalized spacial score (nSPS) is 11.4. The van der Waals surface area contributed by atoms with E-state index in [1.54, 1.807) is 41.5 Å². The molecule has 1 aromatic rings. The number of carbonyl (C=O) groups excluding carboxylic acids is 3. The van der Waals surface area contributed by atoms with E-state index in [1.165, 1.54) is 19.3 Å². The number of anilines is 1. The molecule has 31 heavy (non-hydrogen) atoms. The van der Waals surface area contributed by atoms with Crippen LogP contribution in [0.4, 0.5) is 9.80 Å². The molecule has 1 heterocycles. The zero-order valence-electron chi connectivity index (χ0n) is 19.9. The molecule has 0 aliphatic carbocycles. The summed E-state index contributed by atoms with van der Waals surface area (Å²) in [7, 11) is 0. The lowest BCUT2D eigenvalue weighted by Gasteiger charge is -2.20. The van der Waals surface area contributed by atoms with Crippen molar-refractivity contribution in [1.29, 1.82) is 0 Å². The Morgan fingerprint density at radius 1 is 1.00 bits per heavy atom. The third-order valence-corrected chi connectivity index (χ3v) is 5.41. The molecule has 0 saturated carbocycles. The summed E-state index contributed by atoms with van der Waals surface area (Å²) in [4.78, 5) is 37.8. The van der Waals surface area contributed by atoms with E-state index in [-0.39, 0.29) is 21.5 Å². The fourth-order valence-electron chi connectivity index (χ4n) is 2.82. The zero-order valence-corrected chi connectivity index (χ0v) is 20.7. The predicted octanol–water partition coefficient (Wildman–Crippen LogP) is 6.49. The van der Waals surface area contributed by atoms with Gasteiger partial charge < -0.3 is 14.2 Å². The minimum Gasteiger partial charge on any atom is -0.462 e. The number of hydrogen-bond donors (Lipinski definition) is 1. The SMILES string of the molecule is CCCCCCCCOC(=O)c1sc(NC(=O)OC(C)C)c(C(=O)OC(C)(C)C)c1C. The van der Waals surface area contributed by atoms with E-state index in [0.29, 0.717) is 12.2 Å². The van der Waals surface area contributed by atoms with Crippen molar-refractivity contribution in [1.82, 2.24) is 0 Å². The monoisotopic (exact) mass is 455 g/mol. The van der Waals surface area contributed by atoms with Gasteiger partial charge >= 0.3 is 18.0 Å². The van der Waals surface area contributed by atoms with Crippen molar-refractivity contribution in [2.75, 3.05) is 11.9 Å². The van der Waals surface area contributed by atoms with E-state index in [9.17, 15) is 14.4 Å². The van der Waals surface area contributed by atoms with Crippen LogP contribution in [0, 0.1) is 6.92 Å². The minimum absolute atomic E-state index is 0.146. The van der Waals surface area contributed by atoms with Crippen molar-refractivity contribution >= 4 is 34.4 Å². The quantitative estimate of drug-likeness (QED) is 0.233. The third-order valence-electron chi connectivity index (χ3n) is 4.22. The molecule has 0 aromatic carbocycles.